The lowest BCUT2D eigenvalue weighted by atomic mass is 9.69. The fraction of sp³-hybridized carbons (Fsp3) is 1.00. The minimum Gasteiger partial charge on any atom is -0.395 e. The van der Waals surface area contributed by atoms with Crippen molar-refractivity contribution in [3.8, 4) is 0 Å². The lowest BCUT2D eigenvalue weighted by Gasteiger charge is -2.38. The Labute approximate surface area is 92.4 Å². The van der Waals surface area contributed by atoms with Gasteiger partial charge in [0.15, 0.2) is 0 Å². The summed E-state index contributed by atoms with van der Waals surface area (Å²) >= 11 is 0. The fourth-order valence-corrected chi connectivity index (χ4v) is 3.53. The second-order valence-electron chi connectivity index (χ2n) is 5.20. The summed E-state index contributed by atoms with van der Waals surface area (Å²) in [5, 5.41) is 9.00. The van der Waals surface area contributed by atoms with Gasteiger partial charge in [-0.05, 0) is 18.8 Å². The van der Waals surface area contributed by atoms with Gasteiger partial charge >= 0.3 is 0 Å². The molecule has 0 aromatic heterocycles. The third kappa shape index (κ3) is 2.19. The first kappa shape index (κ1) is 11.4. The third-order valence-corrected chi connectivity index (χ3v) is 4.21. The van der Waals surface area contributed by atoms with Gasteiger partial charge in [0.05, 0.1) is 13.2 Å². The van der Waals surface area contributed by atoms with Crippen LogP contribution in [0.2, 0.25) is 0 Å². The Balaban J connectivity index is 2.02. The van der Waals surface area contributed by atoms with Crippen LogP contribution in [-0.2, 0) is 4.74 Å². The molecule has 1 saturated heterocycles. The van der Waals surface area contributed by atoms with Gasteiger partial charge in [0.1, 0.15) is 0 Å². The minimum absolute atomic E-state index is 0.287. The monoisotopic (exact) mass is 213 g/mol. The lowest BCUT2D eigenvalue weighted by molar-refractivity contribution is 0.0294. The molecule has 2 aliphatic rings. The second-order valence-corrected chi connectivity index (χ2v) is 5.20. The number of hydrogen-bond acceptors (Lipinski definition) is 3. The Bertz CT molecular complexity index is 206. The molecule has 2 atom stereocenters. The highest BCUT2D eigenvalue weighted by Crippen LogP contribution is 2.46. The van der Waals surface area contributed by atoms with Crippen LogP contribution in [0, 0.1) is 11.3 Å². The van der Waals surface area contributed by atoms with Gasteiger partial charge in [-0.1, -0.05) is 12.8 Å². The van der Waals surface area contributed by atoms with Gasteiger partial charge in [-0.25, -0.2) is 0 Å². The molecule has 3 nitrogen and oxygen atoms in total. The predicted octanol–water partition coefficient (Wildman–Crippen LogP) is 1.12. The number of ether oxygens (including phenoxy) is 1. The molecule has 88 valence electrons. The molecule has 1 N–H and O–H groups in total. The van der Waals surface area contributed by atoms with Crippen molar-refractivity contribution in [2.24, 2.45) is 11.3 Å². The highest BCUT2D eigenvalue weighted by Gasteiger charge is 2.47. The van der Waals surface area contributed by atoms with E-state index in [-0.39, 0.29) is 6.61 Å². The molecular weight excluding hydrogens is 190 g/mol. The number of methoxy groups -OCH3 is 1. The molecule has 0 radical (unpaired) electrons. The van der Waals surface area contributed by atoms with E-state index in [0.29, 0.717) is 5.41 Å². The van der Waals surface area contributed by atoms with Crippen LogP contribution < -0.4 is 0 Å². The van der Waals surface area contributed by atoms with E-state index in [2.05, 4.69) is 4.90 Å². The molecule has 0 bridgehead atoms. The van der Waals surface area contributed by atoms with Crippen LogP contribution in [0.3, 0.4) is 0 Å². The second kappa shape index (κ2) is 4.81. The zero-order valence-electron chi connectivity index (χ0n) is 9.74. The average molecular weight is 213 g/mol. The maximum absolute atomic E-state index is 9.00. The number of nitrogens with zero attached hydrogens (tertiary/aromatic N) is 1. The topological polar surface area (TPSA) is 32.7 Å². The van der Waals surface area contributed by atoms with Crippen LogP contribution in [-0.4, -0.2) is 50.0 Å². The summed E-state index contributed by atoms with van der Waals surface area (Å²) in [6.45, 7) is 4.33. The van der Waals surface area contributed by atoms with E-state index in [1.54, 1.807) is 0 Å². The molecule has 2 rings (SSSR count). The first-order valence-electron chi connectivity index (χ1n) is 6.13. The predicted molar refractivity (Wildman–Crippen MR) is 59.8 cm³/mol. The summed E-state index contributed by atoms with van der Waals surface area (Å²) in [5.41, 5.74) is 0.405. The van der Waals surface area contributed by atoms with Gasteiger partial charge < -0.3 is 14.7 Å². The standard InChI is InChI=1S/C12H23NO2/c1-15-10-12-5-3-2-4-11(12)8-13(9-12)6-7-14/h11,14H,2-10H2,1H3/t11-,12-/m0/s1. The molecule has 0 aromatic rings. The van der Waals surface area contributed by atoms with Gasteiger partial charge in [-0.2, -0.15) is 0 Å². The summed E-state index contributed by atoms with van der Waals surface area (Å²) in [4.78, 5) is 2.41. The number of rotatable bonds is 4. The molecule has 1 heterocycles. The van der Waals surface area contributed by atoms with Gasteiger partial charge in [-0.15, -0.1) is 0 Å². The molecule has 1 aliphatic heterocycles. The Hall–Kier alpha value is -0.120. The summed E-state index contributed by atoms with van der Waals surface area (Å²) in [7, 11) is 1.81. The van der Waals surface area contributed by atoms with E-state index in [9.17, 15) is 0 Å². The summed E-state index contributed by atoms with van der Waals surface area (Å²) in [6, 6.07) is 0. The van der Waals surface area contributed by atoms with Gasteiger partial charge in [0.25, 0.3) is 0 Å². The first-order valence-corrected chi connectivity index (χ1v) is 6.13. The number of β-amino-alcohol motifs (C(OH)–C–C–N with tert-alkyl or cyclic N) is 1. The minimum atomic E-state index is 0.287. The largest absolute Gasteiger partial charge is 0.395 e. The fourth-order valence-electron chi connectivity index (χ4n) is 3.53. The Morgan fingerprint density at radius 3 is 3.07 bits per heavy atom. The SMILES string of the molecule is COC[C@@]12CCCC[C@H]1CN(CCO)C2. The van der Waals surface area contributed by atoms with Gasteiger partial charge in [-0.3, -0.25) is 0 Å². The average Bonchev–Trinajstić information content (AvgIpc) is 2.56. The van der Waals surface area contributed by atoms with Crippen LogP contribution in [0.15, 0.2) is 0 Å². The van der Waals surface area contributed by atoms with Gasteiger partial charge in [0.2, 0.25) is 0 Å². The zero-order chi connectivity index (χ0) is 10.7. The Morgan fingerprint density at radius 1 is 1.47 bits per heavy atom. The van der Waals surface area contributed by atoms with E-state index in [1.165, 1.54) is 32.2 Å². The van der Waals surface area contributed by atoms with Crippen LogP contribution in [0.4, 0.5) is 0 Å². The lowest BCUT2D eigenvalue weighted by Crippen LogP contribution is -2.37. The number of fused-ring (bicyclic) bond motifs is 1. The van der Waals surface area contributed by atoms with E-state index >= 15 is 0 Å². The molecule has 0 spiro atoms. The highest BCUT2D eigenvalue weighted by molar-refractivity contribution is 4.98. The van der Waals surface area contributed by atoms with Crippen LogP contribution in [0.25, 0.3) is 0 Å². The highest BCUT2D eigenvalue weighted by atomic mass is 16.5. The van der Waals surface area contributed by atoms with Crippen LogP contribution in [0.1, 0.15) is 25.7 Å². The molecule has 2 fully saturated rings. The van der Waals surface area contributed by atoms with Crippen molar-refractivity contribution in [2.45, 2.75) is 25.7 Å². The van der Waals surface area contributed by atoms with E-state index in [0.717, 1.165) is 25.6 Å². The number of hydrogen-bond donors (Lipinski definition) is 1. The van der Waals surface area contributed by atoms with Crippen molar-refractivity contribution in [2.75, 3.05) is 40.0 Å². The first-order chi connectivity index (χ1) is 7.30. The molecule has 1 aliphatic carbocycles. The maximum atomic E-state index is 9.00. The quantitative estimate of drug-likeness (QED) is 0.759. The normalized spacial score (nSPS) is 36.8. The van der Waals surface area contributed by atoms with E-state index in [1.807, 2.05) is 7.11 Å². The zero-order valence-corrected chi connectivity index (χ0v) is 9.74. The van der Waals surface area contributed by atoms with Crippen molar-refractivity contribution in [1.29, 1.82) is 0 Å². The van der Waals surface area contributed by atoms with E-state index in [4.69, 9.17) is 9.84 Å². The Kier molecular flexibility index (Phi) is 3.65. The molecule has 3 heteroatoms. The van der Waals surface area contributed by atoms with Crippen molar-refractivity contribution in [3.63, 3.8) is 0 Å². The van der Waals surface area contributed by atoms with Crippen molar-refractivity contribution >= 4 is 0 Å². The number of aliphatic hydroxyl groups is 1. The summed E-state index contributed by atoms with van der Waals surface area (Å²) in [5.74, 6) is 0.803. The van der Waals surface area contributed by atoms with Crippen molar-refractivity contribution < 1.29 is 9.84 Å². The molecule has 0 unspecified atom stereocenters. The van der Waals surface area contributed by atoms with Crippen molar-refractivity contribution in [3.05, 3.63) is 0 Å². The van der Waals surface area contributed by atoms with Crippen LogP contribution >= 0.6 is 0 Å². The van der Waals surface area contributed by atoms with Gasteiger partial charge in [0, 0.05) is 32.2 Å². The molecule has 15 heavy (non-hydrogen) atoms. The molecular formula is C12H23NO2. The Morgan fingerprint density at radius 2 is 2.33 bits per heavy atom. The molecule has 0 aromatic carbocycles. The molecule has 1 saturated carbocycles. The van der Waals surface area contributed by atoms with E-state index < -0.39 is 0 Å². The maximum Gasteiger partial charge on any atom is 0.0558 e. The van der Waals surface area contributed by atoms with Crippen molar-refractivity contribution in [1.82, 2.24) is 4.90 Å². The number of aliphatic hydroxyl groups excluding tert-OH is 1. The summed E-state index contributed by atoms with van der Waals surface area (Å²) in [6.07, 6.45) is 5.40. The number of likely N-dealkylation sites (tertiary alicyclic amines) is 1. The summed E-state index contributed by atoms with van der Waals surface area (Å²) < 4.78 is 5.42. The molecule has 0 amide bonds. The van der Waals surface area contributed by atoms with Crippen LogP contribution in [0.5, 0.6) is 0 Å². The third-order valence-electron chi connectivity index (χ3n) is 4.21. The smallest absolute Gasteiger partial charge is 0.0558 e.